The minimum Gasteiger partial charge on any atom is -0.315 e. The van der Waals surface area contributed by atoms with Crippen LogP contribution in [0, 0.1) is 16.7 Å². The molecule has 1 rings (SSSR count). The average Bonchev–Trinajstić information content (AvgIpc) is 2.61. The summed E-state index contributed by atoms with van der Waals surface area (Å²) >= 11 is 0. The molecule has 1 N–H and O–H groups in total. The quantitative estimate of drug-likeness (QED) is 0.707. The molecule has 0 bridgehead atoms. The van der Waals surface area contributed by atoms with Crippen LogP contribution in [-0.4, -0.2) is 37.6 Å². The van der Waals surface area contributed by atoms with Crippen LogP contribution in [0.3, 0.4) is 0 Å². The number of nitriles is 1. The van der Waals surface area contributed by atoms with E-state index < -0.39 is 0 Å². The topological polar surface area (TPSA) is 39.1 Å². The van der Waals surface area contributed by atoms with Crippen molar-refractivity contribution in [2.24, 2.45) is 5.41 Å². The van der Waals surface area contributed by atoms with Crippen molar-refractivity contribution in [2.45, 2.75) is 52.4 Å². The molecule has 1 aliphatic heterocycles. The lowest BCUT2D eigenvalue weighted by atomic mass is 9.88. The highest BCUT2D eigenvalue weighted by molar-refractivity contribution is 4.79. The molecule has 3 nitrogen and oxygen atoms in total. The lowest BCUT2D eigenvalue weighted by molar-refractivity contribution is 0.266. The second-order valence-corrected chi connectivity index (χ2v) is 6.25. The molecule has 0 spiro atoms. The van der Waals surface area contributed by atoms with Gasteiger partial charge in [-0.3, -0.25) is 0 Å². The van der Waals surface area contributed by atoms with E-state index in [4.69, 9.17) is 5.26 Å². The van der Waals surface area contributed by atoms with Crippen LogP contribution in [0.2, 0.25) is 0 Å². The fraction of sp³-hybridized carbons (Fsp3) is 0.933. The molecule has 1 fully saturated rings. The summed E-state index contributed by atoms with van der Waals surface area (Å²) in [6.45, 7) is 10.3. The molecule has 0 saturated carbocycles. The molecule has 0 radical (unpaired) electrons. The predicted molar refractivity (Wildman–Crippen MR) is 76.4 cm³/mol. The first-order chi connectivity index (χ1) is 8.64. The maximum absolute atomic E-state index is 8.62. The van der Waals surface area contributed by atoms with Gasteiger partial charge in [-0.1, -0.05) is 26.7 Å². The molecule has 0 amide bonds. The normalized spacial score (nSPS) is 18.3. The highest BCUT2D eigenvalue weighted by Gasteiger charge is 2.16. The number of likely N-dealkylation sites (tertiary alicyclic amines) is 1. The van der Waals surface area contributed by atoms with E-state index in [1.54, 1.807) is 0 Å². The molecule has 104 valence electrons. The van der Waals surface area contributed by atoms with E-state index in [1.807, 2.05) is 0 Å². The van der Waals surface area contributed by atoms with Gasteiger partial charge in [-0.15, -0.1) is 0 Å². The van der Waals surface area contributed by atoms with E-state index in [1.165, 1.54) is 45.3 Å². The van der Waals surface area contributed by atoms with Crippen LogP contribution < -0.4 is 5.32 Å². The first-order valence-corrected chi connectivity index (χ1v) is 7.44. The Bertz CT molecular complexity index is 247. The largest absolute Gasteiger partial charge is 0.315 e. The van der Waals surface area contributed by atoms with Gasteiger partial charge in [0.05, 0.1) is 6.07 Å². The zero-order chi connectivity index (χ0) is 13.3. The van der Waals surface area contributed by atoms with Crippen molar-refractivity contribution < 1.29 is 0 Å². The highest BCUT2D eigenvalue weighted by Crippen LogP contribution is 2.20. The Hall–Kier alpha value is -0.590. The van der Waals surface area contributed by atoms with Crippen LogP contribution in [0.25, 0.3) is 0 Å². The Balaban J connectivity index is 2.08. The molecule has 0 aromatic carbocycles. The van der Waals surface area contributed by atoms with Crippen molar-refractivity contribution in [3.8, 4) is 6.07 Å². The van der Waals surface area contributed by atoms with E-state index in [0.29, 0.717) is 6.42 Å². The number of hydrogen-bond donors (Lipinski definition) is 1. The molecule has 18 heavy (non-hydrogen) atoms. The molecule has 0 aliphatic carbocycles. The number of nitrogens with zero attached hydrogens (tertiary/aromatic N) is 2. The van der Waals surface area contributed by atoms with Crippen LogP contribution in [0.15, 0.2) is 0 Å². The molecular formula is C15H29N3. The fourth-order valence-corrected chi connectivity index (χ4v) is 2.51. The first kappa shape index (κ1) is 15.5. The predicted octanol–water partition coefficient (Wildman–Crippen LogP) is 2.78. The van der Waals surface area contributed by atoms with Gasteiger partial charge in [0.2, 0.25) is 0 Å². The van der Waals surface area contributed by atoms with Gasteiger partial charge in [0.15, 0.2) is 0 Å². The van der Waals surface area contributed by atoms with Crippen LogP contribution in [-0.2, 0) is 0 Å². The summed E-state index contributed by atoms with van der Waals surface area (Å²) in [6, 6.07) is 2.24. The van der Waals surface area contributed by atoms with E-state index in [9.17, 15) is 0 Å². The standard InChI is InChI=1S/C15H29N3/c1-15(2,8-7-9-16)14-17-10-13-18-11-5-3-4-6-12-18/h17H,3-8,10-14H2,1-2H3. The van der Waals surface area contributed by atoms with E-state index in [-0.39, 0.29) is 5.41 Å². The molecule has 0 aromatic rings. The van der Waals surface area contributed by atoms with Crippen molar-refractivity contribution in [3.05, 3.63) is 0 Å². The van der Waals surface area contributed by atoms with Crippen molar-refractivity contribution >= 4 is 0 Å². The van der Waals surface area contributed by atoms with Crippen molar-refractivity contribution in [3.63, 3.8) is 0 Å². The Kier molecular flexibility index (Phi) is 7.31. The van der Waals surface area contributed by atoms with Gasteiger partial charge in [0, 0.05) is 26.1 Å². The summed E-state index contributed by atoms with van der Waals surface area (Å²) in [7, 11) is 0. The van der Waals surface area contributed by atoms with Crippen LogP contribution >= 0.6 is 0 Å². The summed E-state index contributed by atoms with van der Waals surface area (Å²) < 4.78 is 0. The molecule has 0 unspecified atom stereocenters. The average molecular weight is 251 g/mol. The second kappa shape index (κ2) is 8.50. The van der Waals surface area contributed by atoms with Crippen LogP contribution in [0.1, 0.15) is 52.4 Å². The Morgan fingerprint density at radius 1 is 1.17 bits per heavy atom. The van der Waals surface area contributed by atoms with E-state index in [2.05, 4.69) is 30.1 Å². The Morgan fingerprint density at radius 2 is 1.83 bits per heavy atom. The van der Waals surface area contributed by atoms with E-state index in [0.717, 1.165) is 19.5 Å². The molecule has 0 aromatic heterocycles. The van der Waals surface area contributed by atoms with Crippen molar-refractivity contribution in [1.29, 1.82) is 5.26 Å². The van der Waals surface area contributed by atoms with Crippen molar-refractivity contribution in [2.75, 3.05) is 32.7 Å². The Labute approximate surface area is 113 Å². The third-order valence-electron chi connectivity index (χ3n) is 3.82. The minimum absolute atomic E-state index is 0.245. The monoisotopic (exact) mass is 251 g/mol. The summed E-state index contributed by atoms with van der Waals surface area (Å²) in [5.74, 6) is 0. The van der Waals surface area contributed by atoms with Gasteiger partial charge in [0.1, 0.15) is 0 Å². The van der Waals surface area contributed by atoms with Gasteiger partial charge in [0.25, 0.3) is 0 Å². The maximum Gasteiger partial charge on any atom is 0.0621 e. The number of hydrogen-bond acceptors (Lipinski definition) is 3. The first-order valence-electron chi connectivity index (χ1n) is 7.44. The number of nitrogens with one attached hydrogen (secondary N) is 1. The van der Waals surface area contributed by atoms with Gasteiger partial charge in [-0.25, -0.2) is 0 Å². The summed E-state index contributed by atoms with van der Waals surface area (Å²) in [6.07, 6.45) is 7.21. The minimum atomic E-state index is 0.245. The number of rotatable bonds is 7. The van der Waals surface area contributed by atoms with Gasteiger partial charge in [-0.05, 0) is 37.8 Å². The van der Waals surface area contributed by atoms with Gasteiger partial charge < -0.3 is 10.2 Å². The summed E-state index contributed by atoms with van der Waals surface area (Å²) in [4.78, 5) is 2.59. The zero-order valence-electron chi connectivity index (χ0n) is 12.2. The summed E-state index contributed by atoms with van der Waals surface area (Å²) in [5, 5.41) is 12.2. The lowest BCUT2D eigenvalue weighted by Crippen LogP contribution is -2.36. The molecular weight excluding hydrogens is 222 g/mol. The molecule has 0 atom stereocenters. The molecule has 1 aliphatic rings. The van der Waals surface area contributed by atoms with Crippen LogP contribution in [0.5, 0.6) is 0 Å². The SMILES string of the molecule is CC(C)(CCC#N)CNCCN1CCCCCC1. The van der Waals surface area contributed by atoms with Crippen LogP contribution in [0.4, 0.5) is 0 Å². The van der Waals surface area contributed by atoms with Gasteiger partial charge >= 0.3 is 0 Å². The molecule has 1 saturated heterocycles. The highest BCUT2D eigenvalue weighted by atomic mass is 15.1. The lowest BCUT2D eigenvalue weighted by Gasteiger charge is -2.25. The third-order valence-corrected chi connectivity index (χ3v) is 3.82. The smallest absolute Gasteiger partial charge is 0.0621 e. The zero-order valence-corrected chi connectivity index (χ0v) is 12.2. The summed E-state index contributed by atoms with van der Waals surface area (Å²) in [5.41, 5.74) is 0.245. The maximum atomic E-state index is 8.62. The van der Waals surface area contributed by atoms with Gasteiger partial charge in [-0.2, -0.15) is 5.26 Å². The Morgan fingerprint density at radius 3 is 2.44 bits per heavy atom. The van der Waals surface area contributed by atoms with E-state index >= 15 is 0 Å². The molecule has 3 heteroatoms. The second-order valence-electron chi connectivity index (χ2n) is 6.25. The van der Waals surface area contributed by atoms with Crippen molar-refractivity contribution in [1.82, 2.24) is 10.2 Å². The third kappa shape index (κ3) is 6.98. The molecule has 1 heterocycles. The fourth-order valence-electron chi connectivity index (χ4n) is 2.51.